The SMILES string of the molecule is Cc1cc(/C=N\Nc2ccc(C(F)(F)F)cn2)c(C)o1. The highest BCUT2D eigenvalue weighted by Crippen LogP contribution is 2.28. The minimum atomic E-state index is -4.39. The number of halogens is 3. The van der Waals surface area contributed by atoms with Crippen LogP contribution < -0.4 is 5.43 Å². The van der Waals surface area contributed by atoms with Gasteiger partial charge in [0.05, 0.1) is 11.8 Å². The van der Waals surface area contributed by atoms with Crippen LogP contribution >= 0.6 is 0 Å². The second kappa shape index (κ2) is 5.36. The molecule has 0 aromatic carbocycles. The number of hydrazone groups is 1. The molecule has 4 nitrogen and oxygen atoms in total. The standard InChI is InChI=1S/C13H12F3N3O/c1-8-5-10(9(2)20-8)6-18-19-12-4-3-11(7-17-12)13(14,15)16/h3-7H,1-2H3,(H,17,19)/b18-6-. The molecule has 2 heterocycles. The summed E-state index contributed by atoms with van der Waals surface area (Å²) >= 11 is 0. The van der Waals surface area contributed by atoms with Crippen molar-refractivity contribution in [1.82, 2.24) is 4.98 Å². The Morgan fingerprint density at radius 3 is 2.55 bits per heavy atom. The van der Waals surface area contributed by atoms with Gasteiger partial charge in [-0.3, -0.25) is 5.43 Å². The van der Waals surface area contributed by atoms with Crippen molar-refractivity contribution in [2.45, 2.75) is 20.0 Å². The van der Waals surface area contributed by atoms with Crippen LogP contribution in [0.5, 0.6) is 0 Å². The Kier molecular flexibility index (Phi) is 3.78. The summed E-state index contributed by atoms with van der Waals surface area (Å²) in [6.45, 7) is 3.61. The molecule has 0 spiro atoms. The van der Waals surface area contributed by atoms with Crippen molar-refractivity contribution in [2.75, 3.05) is 5.43 Å². The van der Waals surface area contributed by atoms with E-state index in [1.807, 2.05) is 6.92 Å². The zero-order chi connectivity index (χ0) is 14.8. The number of anilines is 1. The summed E-state index contributed by atoms with van der Waals surface area (Å²) in [5.41, 5.74) is 2.55. The van der Waals surface area contributed by atoms with Gasteiger partial charge in [-0.15, -0.1) is 0 Å². The van der Waals surface area contributed by atoms with Gasteiger partial charge in [0.15, 0.2) is 0 Å². The number of pyridine rings is 1. The molecule has 2 aromatic heterocycles. The maximum absolute atomic E-state index is 12.3. The van der Waals surface area contributed by atoms with Gasteiger partial charge in [0.1, 0.15) is 17.3 Å². The smallest absolute Gasteiger partial charge is 0.417 e. The number of hydrogen-bond acceptors (Lipinski definition) is 4. The predicted molar refractivity (Wildman–Crippen MR) is 68.6 cm³/mol. The van der Waals surface area contributed by atoms with E-state index in [-0.39, 0.29) is 5.82 Å². The molecule has 0 bridgehead atoms. The van der Waals surface area contributed by atoms with E-state index in [0.717, 1.165) is 23.6 Å². The van der Waals surface area contributed by atoms with Crippen LogP contribution in [0.2, 0.25) is 0 Å². The van der Waals surface area contributed by atoms with Gasteiger partial charge in [-0.25, -0.2) is 4.98 Å². The first-order valence-corrected chi connectivity index (χ1v) is 5.75. The molecule has 20 heavy (non-hydrogen) atoms. The molecule has 106 valence electrons. The largest absolute Gasteiger partial charge is 0.466 e. The van der Waals surface area contributed by atoms with E-state index >= 15 is 0 Å². The van der Waals surface area contributed by atoms with E-state index in [0.29, 0.717) is 5.76 Å². The van der Waals surface area contributed by atoms with Crippen LogP contribution in [-0.4, -0.2) is 11.2 Å². The first-order valence-electron chi connectivity index (χ1n) is 5.75. The van der Waals surface area contributed by atoms with Gasteiger partial charge in [-0.1, -0.05) is 0 Å². The fourth-order valence-electron chi connectivity index (χ4n) is 1.57. The summed E-state index contributed by atoms with van der Waals surface area (Å²) in [5.74, 6) is 1.71. The summed E-state index contributed by atoms with van der Waals surface area (Å²) in [6.07, 6.45) is -2.11. The fourth-order valence-corrected chi connectivity index (χ4v) is 1.57. The van der Waals surface area contributed by atoms with Crippen LogP contribution in [0, 0.1) is 13.8 Å². The maximum atomic E-state index is 12.3. The third-order valence-corrected chi connectivity index (χ3v) is 2.55. The second-order valence-electron chi connectivity index (χ2n) is 4.17. The molecule has 0 fully saturated rings. The molecule has 0 aliphatic heterocycles. The molecule has 0 atom stereocenters. The van der Waals surface area contributed by atoms with Gasteiger partial charge in [0.25, 0.3) is 0 Å². The van der Waals surface area contributed by atoms with Crippen molar-refractivity contribution in [1.29, 1.82) is 0 Å². The minimum Gasteiger partial charge on any atom is -0.466 e. The zero-order valence-electron chi connectivity index (χ0n) is 10.8. The van der Waals surface area contributed by atoms with Gasteiger partial charge >= 0.3 is 6.18 Å². The molecule has 1 N–H and O–H groups in total. The van der Waals surface area contributed by atoms with E-state index in [9.17, 15) is 13.2 Å². The number of alkyl halides is 3. The third kappa shape index (κ3) is 3.37. The van der Waals surface area contributed by atoms with Crippen molar-refractivity contribution >= 4 is 12.0 Å². The van der Waals surface area contributed by atoms with E-state index in [1.54, 1.807) is 13.0 Å². The van der Waals surface area contributed by atoms with Gasteiger partial charge in [-0.2, -0.15) is 18.3 Å². The molecule has 7 heteroatoms. The molecular weight excluding hydrogens is 271 g/mol. The van der Waals surface area contributed by atoms with Crippen molar-refractivity contribution in [3.05, 3.63) is 47.0 Å². The summed E-state index contributed by atoms with van der Waals surface area (Å²) in [4.78, 5) is 3.64. The highest BCUT2D eigenvalue weighted by atomic mass is 19.4. The third-order valence-electron chi connectivity index (χ3n) is 2.55. The van der Waals surface area contributed by atoms with Crippen LogP contribution in [0.25, 0.3) is 0 Å². The lowest BCUT2D eigenvalue weighted by Crippen LogP contribution is -2.05. The van der Waals surface area contributed by atoms with Gasteiger partial charge in [0, 0.05) is 11.8 Å². The lowest BCUT2D eigenvalue weighted by Gasteiger charge is -2.06. The summed E-state index contributed by atoms with van der Waals surface area (Å²) in [7, 11) is 0. The Balaban J connectivity index is 2.02. The van der Waals surface area contributed by atoms with Crippen molar-refractivity contribution in [2.24, 2.45) is 5.10 Å². The Morgan fingerprint density at radius 2 is 2.05 bits per heavy atom. The minimum absolute atomic E-state index is 0.229. The summed E-state index contributed by atoms with van der Waals surface area (Å²) in [6, 6.07) is 3.96. The van der Waals surface area contributed by atoms with Gasteiger partial charge < -0.3 is 4.42 Å². The predicted octanol–water partition coefficient (Wildman–Crippen LogP) is 3.76. The molecule has 0 radical (unpaired) electrons. The molecule has 0 saturated heterocycles. The summed E-state index contributed by atoms with van der Waals surface area (Å²) in [5, 5.41) is 3.90. The number of aryl methyl sites for hydroxylation is 2. The Hall–Kier alpha value is -2.31. The average Bonchev–Trinajstić information content (AvgIpc) is 2.67. The molecule has 0 amide bonds. The Bertz CT molecular complexity index is 615. The number of hydrogen-bond donors (Lipinski definition) is 1. The maximum Gasteiger partial charge on any atom is 0.417 e. The zero-order valence-corrected chi connectivity index (χ0v) is 10.8. The number of rotatable bonds is 3. The van der Waals surface area contributed by atoms with Crippen LogP contribution in [0.4, 0.5) is 19.0 Å². The van der Waals surface area contributed by atoms with Crippen LogP contribution in [-0.2, 0) is 6.18 Å². The normalized spacial score (nSPS) is 12.1. The molecule has 0 unspecified atom stereocenters. The van der Waals surface area contributed by atoms with E-state index < -0.39 is 11.7 Å². The van der Waals surface area contributed by atoms with E-state index in [4.69, 9.17) is 4.42 Å². The van der Waals surface area contributed by atoms with E-state index in [2.05, 4.69) is 15.5 Å². The number of aromatic nitrogens is 1. The molecule has 0 saturated carbocycles. The number of nitrogens with zero attached hydrogens (tertiary/aromatic N) is 2. The van der Waals surface area contributed by atoms with Crippen LogP contribution in [0.3, 0.4) is 0 Å². The first kappa shape index (κ1) is 14.1. The molecule has 2 aromatic rings. The first-order chi connectivity index (χ1) is 9.36. The quantitative estimate of drug-likeness (QED) is 0.689. The molecule has 2 rings (SSSR count). The lowest BCUT2D eigenvalue weighted by molar-refractivity contribution is -0.137. The topological polar surface area (TPSA) is 50.4 Å². The van der Waals surface area contributed by atoms with Crippen LogP contribution in [0.1, 0.15) is 22.6 Å². The Labute approximate surface area is 113 Å². The van der Waals surface area contributed by atoms with Gasteiger partial charge in [0.2, 0.25) is 0 Å². The lowest BCUT2D eigenvalue weighted by atomic mass is 10.3. The van der Waals surface area contributed by atoms with Crippen molar-refractivity contribution in [3.63, 3.8) is 0 Å². The monoisotopic (exact) mass is 283 g/mol. The average molecular weight is 283 g/mol. The number of nitrogens with one attached hydrogen (secondary N) is 1. The van der Waals surface area contributed by atoms with Crippen molar-refractivity contribution < 1.29 is 17.6 Å². The highest BCUT2D eigenvalue weighted by molar-refractivity contribution is 5.81. The molecular formula is C13H12F3N3O. The molecule has 0 aliphatic carbocycles. The van der Waals surface area contributed by atoms with E-state index in [1.165, 1.54) is 12.3 Å². The van der Waals surface area contributed by atoms with Crippen LogP contribution in [0.15, 0.2) is 33.9 Å². The molecule has 0 aliphatic rings. The van der Waals surface area contributed by atoms with Gasteiger partial charge in [-0.05, 0) is 32.0 Å². The highest BCUT2D eigenvalue weighted by Gasteiger charge is 2.30. The number of furan rings is 1. The van der Waals surface area contributed by atoms with Crippen molar-refractivity contribution in [3.8, 4) is 0 Å². The summed E-state index contributed by atoms with van der Waals surface area (Å²) < 4.78 is 42.3. The second-order valence-corrected chi connectivity index (χ2v) is 4.17. The Morgan fingerprint density at radius 1 is 1.30 bits per heavy atom. The fraction of sp³-hybridized carbons (Fsp3) is 0.231.